The molecule has 0 fully saturated rings. The summed E-state index contributed by atoms with van der Waals surface area (Å²) in [5.41, 5.74) is 0.705. The second kappa shape index (κ2) is 11.9. The van der Waals surface area contributed by atoms with Crippen molar-refractivity contribution in [3.05, 3.63) is 54.6 Å². The van der Waals surface area contributed by atoms with E-state index < -0.39 is 0 Å². The highest BCUT2D eigenvalue weighted by Gasteiger charge is 2.08. The number of amides is 1. The number of benzene rings is 2. The molecule has 2 aromatic rings. The Morgan fingerprint density at radius 2 is 1.67 bits per heavy atom. The predicted molar refractivity (Wildman–Crippen MR) is 112 cm³/mol. The largest absolute Gasteiger partial charge is 0.490 e. The van der Waals surface area contributed by atoms with Gasteiger partial charge < -0.3 is 20.1 Å². The third kappa shape index (κ3) is 8.09. The SMILES string of the molecule is CCCCCC(=O)NC(=S)Nc1ccccc1OCCOc1ccccc1. The van der Waals surface area contributed by atoms with Crippen LogP contribution in [-0.4, -0.2) is 24.2 Å². The fourth-order valence-electron chi connectivity index (χ4n) is 2.40. The lowest BCUT2D eigenvalue weighted by Crippen LogP contribution is -2.34. The van der Waals surface area contributed by atoms with Gasteiger partial charge in [0.2, 0.25) is 5.91 Å². The van der Waals surface area contributed by atoms with Gasteiger partial charge in [-0.15, -0.1) is 0 Å². The molecule has 27 heavy (non-hydrogen) atoms. The monoisotopic (exact) mass is 386 g/mol. The molecule has 0 saturated heterocycles. The van der Waals surface area contributed by atoms with E-state index in [1.807, 2.05) is 54.6 Å². The van der Waals surface area contributed by atoms with Crippen LogP contribution < -0.4 is 20.1 Å². The summed E-state index contributed by atoms with van der Waals surface area (Å²) in [7, 11) is 0. The van der Waals surface area contributed by atoms with Crippen molar-refractivity contribution in [1.29, 1.82) is 0 Å². The van der Waals surface area contributed by atoms with Crippen LogP contribution in [0.5, 0.6) is 11.5 Å². The lowest BCUT2D eigenvalue weighted by atomic mass is 10.2. The predicted octanol–water partition coefficient (Wildman–Crippen LogP) is 4.54. The number of rotatable bonds is 10. The van der Waals surface area contributed by atoms with Crippen LogP contribution in [0.2, 0.25) is 0 Å². The van der Waals surface area contributed by atoms with Crippen LogP contribution in [0, 0.1) is 0 Å². The van der Waals surface area contributed by atoms with Gasteiger partial charge in [-0.05, 0) is 42.9 Å². The van der Waals surface area contributed by atoms with E-state index in [4.69, 9.17) is 21.7 Å². The molecule has 0 unspecified atom stereocenters. The van der Waals surface area contributed by atoms with Crippen molar-refractivity contribution < 1.29 is 14.3 Å². The number of para-hydroxylation sites is 3. The van der Waals surface area contributed by atoms with Gasteiger partial charge in [0, 0.05) is 6.42 Å². The standard InChI is InChI=1S/C21H26N2O3S/c1-2-3-5-14-20(24)23-21(27)22-18-12-8-9-13-19(18)26-16-15-25-17-10-6-4-7-11-17/h4,6-13H,2-3,5,14-16H2,1H3,(H2,22,23,24,27). The zero-order valence-electron chi connectivity index (χ0n) is 15.6. The van der Waals surface area contributed by atoms with Crippen molar-refractivity contribution in [3.63, 3.8) is 0 Å². The van der Waals surface area contributed by atoms with E-state index in [1.54, 1.807) is 0 Å². The lowest BCUT2D eigenvalue weighted by Gasteiger charge is -2.14. The zero-order valence-corrected chi connectivity index (χ0v) is 16.4. The van der Waals surface area contributed by atoms with E-state index >= 15 is 0 Å². The van der Waals surface area contributed by atoms with Crippen LogP contribution in [0.15, 0.2) is 54.6 Å². The molecule has 6 heteroatoms. The van der Waals surface area contributed by atoms with Gasteiger partial charge in [-0.3, -0.25) is 4.79 Å². The number of carbonyl (C=O) groups is 1. The lowest BCUT2D eigenvalue weighted by molar-refractivity contribution is -0.119. The van der Waals surface area contributed by atoms with Crippen LogP contribution in [0.25, 0.3) is 0 Å². The summed E-state index contributed by atoms with van der Waals surface area (Å²) >= 11 is 5.23. The normalized spacial score (nSPS) is 10.1. The Kier molecular flexibility index (Phi) is 9.13. The highest BCUT2D eigenvalue weighted by Crippen LogP contribution is 2.23. The van der Waals surface area contributed by atoms with Crippen LogP contribution in [0.3, 0.4) is 0 Å². The van der Waals surface area contributed by atoms with Crippen molar-refractivity contribution in [3.8, 4) is 11.5 Å². The fourth-order valence-corrected chi connectivity index (χ4v) is 2.63. The first-order chi connectivity index (χ1) is 13.2. The summed E-state index contributed by atoms with van der Waals surface area (Å²) in [4.78, 5) is 11.9. The highest BCUT2D eigenvalue weighted by atomic mass is 32.1. The van der Waals surface area contributed by atoms with Crippen LogP contribution >= 0.6 is 12.2 Å². The van der Waals surface area contributed by atoms with Gasteiger partial charge in [-0.1, -0.05) is 50.1 Å². The number of ether oxygens (including phenoxy) is 2. The maximum absolute atomic E-state index is 11.9. The summed E-state index contributed by atoms with van der Waals surface area (Å²) < 4.78 is 11.4. The summed E-state index contributed by atoms with van der Waals surface area (Å²) in [6.45, 7) is 2.92. The number of carbonyl (C=O) groups excluding carboxylic acids is 1. The molecule has 0 heterocycles. The topological polar surface area (TPSA) is 59.6 Å². The van der Waals surface area contributed by atoms with Crippen molar-refractivity contribution in [2.45, 2.75) is 32.6 Å². The van der Waals surface area contributed by atoms with Gasteiger partial charge in [0.05, 0.1) is 5.69 Å². The van der Waals surface area contributed by atoms with Crippen LogP contribution in [-0.2, 0) is 4.79 Å². The van der Waals surface area contributed by atoms with Crippen molar-refractivity contribution in [1.82, 2.24) is 5.32 Å². The van der Waals surface area contributed by atoms with Gasteiger partial charge in [-0.25, -0.2) is 0 Å². The molecule has 2 aromatic carbocycles. The van der Waals surface area contributed by atoms with E-state index in [0.717, 1.165) is 25.0 Å². The maximum Gasteiger partial charge on any atom is 0.226 e. The molecule has 144 valence electrons. The molecule has 2 rings (SSSR count). The summed E-state index contributed by atoms with van der Waals surface area (Å²) in [6, 6.07) is 17.0. The molecule has 5 nitrogen and oxygen atoms in total. The maximum atomic E-state index is 11.9. The molecule has 0 spiro atoms. The number of unbranched alkanes of at least 4 members (excludes halogenated alkanes) is 2. The molecule has 0 aliphatic heterocycles. The van der Waals surface area contributed by atoms with Crippen LogP contribution in [0.1, 0.15) is 32.6 Å². The first-order valence-electron chi connectivity index (χ1n) is 9.19. The van der Waals surface area contributed by atoms with Gasteiger partial charge in [0.1, 0.15) is 24.7 Å². The van der Waals surface area contributed by atoms with E-state index in [2.05, 4.69) is 17.6 Å². The fraction of sp³-hybridized carbons (Fsp3) is 0.333. The molecule has 0 aliphatic rings. The molecule has 1 amide bonds. The number of thiocarbonyl (C=S) groups is 1. The minimum absolute atomic E-state index is 0.0735. The molecular formula is C21H26N2O3S. The average Bonchev–Trinajstić information content (AvgIpc) is 2.67. The van der Waals surface area contributed by atoms with Gasteiger partial charge in [-0.2, -0.15) is 0 Å². The van der Waals surface area contributed by atoms with Crippen LogP contribution in [0.4, 0.5) is 5.69 Å². The minimum Gasteiger partial charge on any atom is -0.490 e. The summed E-state index contributed by atoms with van der Waals surface area (Å²) in [5, 5.41) is 6.00. The third-order valence-electron chi connectivity index (χ3n) is 3.75. The molecule has 0 aromatic heterocycles. The Labute approximate surface area is 166 Å². The van der Waals surface area contributed by atoms with E-state index in [0.29, 0.717) is 31.1 Å². The number of nitrogens with one attached hydrogen (secondary N) is 2. The minimum atomic E-state index is -0.0735. The van der Waals surface area contributed by atoms with Gasteiger partial charge in [0.15, 0.2) is 5.11 Å². The van der Waals surface area contributed by atoms with Crippen molar-refractivity contribution >= 4 is 28.9 Å². The Morgan fingerprint density at radius 3 is 2.44 bits per heavy atom. The quantitative estimate of drug-likeness (QED) is 0.464. The highest BCUT2D eigenvalue weighted by molar-refractivity contribution is 7.80. The molecule has 0 atom stereocenters. The van der Waals surface area contributed by atoms with E-state index in [-0.39, 0.29) is 11.0 Å². The molecule has 2 N–H and O–H groups in total. The second-order valence-electron chi connectivity index (χ2n) is 5.97. The Hall–Kier alpha value is -2.60. The molecule has 0 bridgehead atoms. The van der Waals surface area contributed by atoms with Crippen molar-refractivity contribution in [2.24, 2.45) is 0 Å². The number of hydrogen-bond donors (Lipinski definition) is 2. The third-order valence-corrected chi connectivity index (χ3v) is 3.95. The van der Waals surface area contributed by atoms with Gasteiger partial charge >= 0.3 is 0 Å². The van der Waals surface area contributed by atoms with Crippen molar-refractivity contribution in [2.75, 3.05) is 18.5 Å². The Balaban J connectivity index is 1.78. The first kappa shape index (κ1) is 20.7. The number of hydrogen-bond acceptors (Lipinski definition) is 4. The Morgan fingerprint density at radius 1 is 0.963 bits per heavy atom. The number of anilines is 1. The molecular weight excluding hydrogens is 360 g/mol. The molecule has 0 radical (unpaired) electrons. The van der Waals surface area contributed by atoms with E-state index in [1.165, 1.54) is 0 Å². The Bertz CT molecular complexity index is 722. The summed E-state index contributed by atoms with van der Waals surface area (Å²) in [5.74, 6) is 1.38. The zero-order chi connectivity index (χ0) is 19.3. The first-order valence-corrected chi connectivity index (χ1v) is 9.60. The average molecular weight is 387 g/mol. The molecule has 0 saturated carbocycles. The smallest absolute Gasteiger partial charge is 0.226 e. The van der Waals surface area contributed by atoms with Gasteiger partial charge in [0.25, 0.3) is 0 Å². The second-order valence-corrected chi connectivity index (χ2v) is 6.37. The molecule has 0 aliphatic carbocycles. The van der Waals surface area contributed by atoms with E-state index in [9.17, 15) is 4.79 Å². The summed E-state index contributed by atoms with van der Waals surface area (Å²) in [6.07, 6.45) is 3.46.